The Morgan fingerprint density at radius 1 is 1.18 bits per heavy atom. The molecule has 0 saturated heterocycles. The van der Waals surface area contributed by atoms with E-state index in [0.717, 1.165) is 50.5 Å². The number of aliphatic hydroxyl groups excluding tert-OH is 1. The van der Waals surface area contributed by atoms with Gasteiger partial charge in [-0.05, 0) is 99.9 Å². The van der Waals surface area contributed by atoms with E-state index in [1.807, 2.05) is 6.08 Å². The largest absolute Gasteiger partial charge is 0.458 e. The van der Waals surface area contributed by atoms with E-state index in [1.54, 1.807) is 13.8 Å². The molecule has 0 amide bonds. The molecule has 0 bridgehead atoms. The lowest BCUT2D eigenvalue weighted by Crippen LogP contribution is -2.65. The molecule has 5 heteroatoms. The Kier molecular flexibility index (Phi) is 7.67. The summed E-state index contributed by atoms with van der Waals surface area (Å²) in [5, 5.41) is 21.1. The minimum Gasteiger partial charge on any atom is -0.458 e. The summed E-state index contributed by atoms with van der Waals surface area (Å²) >= 11 is 0. The van der Waals surface area contributed by atoms with E-state index in [1.165, 1.54) is 13.2 Å². The predicted octanol–water partition coefficient (Wildman–Crippen LogP) is 6.42. The molecule has 0 radical (unpaired) electrons. The van der Waals surface area contributed by atoms with Crippen LogP contribution in [-0.4, -0.2) is 40.3 Å². The number of carbonyl (C=O) groups is 2. The number of esters is 1. The van der Waals surface area contributed by atoms with Crippen molar-refractivity contribution in [2.24, 2.45) is 45.3 Å². The Hall–Kier alpha value is -1.46. The van der Waals surface area contributed by atoms with Crippen LogP contribution >= 0.6 is 0 Å². The molecule has 214 valence electrons. The summed E-state index contributed by atoms with van der Waals surface area (Å²) in [6, 6.07) is 0. The van der Waals surface area contributed by atoms with Crippen molar-refractivity contribution >= 4 is 12.3 Å². The third kappa shape index (κ3) is 4.35. The zero-order valence-electron chi connectivity index (χ0n) is 25.0. The van der Waals surface area contributed by atoms with Crippen molar-refractivity contribution in [2.75, 3.05) is 0 Å². The van der Waals surface area contributed by atoms with E-state index >= 15 is 0 Å². The average molecular weight is 529 g/mol. The van der Waals surface area contributed by atoms with E-state index in [2.05, 4.69) is 46.8 Å². The summed E-state index contributed by atoms with van der Waals surface area (Å²) in [5.41, 5.74) is -0.841. The van der Waals surface area contributed by atoms with Crippen molar-refractivity contribution in [1.82, 2.24) is 0 Å². The van der Waals surface area contributed by atoms with E-state index in [0.29, 0.717) is 18.3 Å². The highest BCUT2D eigenvalue weighted by molar-refractivity contribution is 5.68. The van der Waals surface area contributed by atoms with Crippen LogP contribution in [0.4, 0.5) is 0 Å². The van der Waals surface area contributed by atoms with Crippen LogP contribution < -0.4 is 0 Å². The first kappa shape index (κ1) is 29.5. The number of hydrogen-bond donors (Lipinski definition) is 2. The number of carbonyl (C=O) groups excluding carboxylic acids is 2. The summed E-state index contributed by atoms with van der Waals surface area (Å²) in [5.74, 6) is 0.642. The van der Waals surface area contributed by atoms with Crippen molar-refractivity contribution in [3.05, 3.63) is 23.8 Å². The van der Waals surface area contributed by atoms with Crippen molar-refractivity contribution in [1.29, 1.82) is 0 Å². The molecule has 3 saturated carbocycles. The van der Waals surface area contributed by atoms with Crippen LogP contribution in [0.5, 0.6) is 0 Å². The summed E-state index contributed by atoms with van der Waals surface area (Å²) in [4.78, 5) is 25.9. The van der Waals surface area contributed by atoms with Crippen LogP contribution in [0, 0.1) is 45.3 Å². The van der Waals surface area contributed by atoms with Crippen molar-refractivity contribution in [2.45, 2.75) is 125 Å². The monoisotopic (exact) mass is 528 g/mol. The molecule has 0 spiro atoms. The molecular weight excluding hydrogens is 476 g/mol. The van der Waals surface area contributed by atoms with Crippen LogP contribution in [-0.2, 0) is 14.3 Å². The molecule has 0 aromatic rings. The van der Waals surface area contributed by atoms with Gasteiger partial charge in [0.1, 0.15) is 12.4 Å². The second-order valence-corrected chi connectivity index (χ2v) is 14.6. The minimum absolute atomic E-state index is 0.0222. The lowest BCUT2D eigenvalue weighted by Gasteiger charge is -2.67. The molecule has 1 unspecified atom stereocenters. The Labute approximate surface area is 230 Å². The molecule has 0 aromatic carbocycles. The molecule has 5 nitrogen and oxygen atoms in total. The fourth-order valence-electron chi connectivity index (χ4n) is 10.1. The second-order valence-electron chi connectivity index (χ2n) is 14.6. The summed E-state index contributed by atoms with van der Waals surface area (Å²) < 4.78 is 6.15. The highest BCUT2D eigenvalue weighted by atomic mass is 16.5. The molecule has 0 aromatic heterocycles. The number of hydrogen-bond acceptors (Lipinski definition) is 5. The number of fused-ring (bicyclic) bond motifs is 5. The first-order chi connectivity index (χ1) is 17.6. The predicted molar refractivity (Wildman–Crippen MR) is 150 cm³/mol. The molecule has 0 heterocycles. The Balaban J connectivity index is 1.82. The van der Waals surface area contributed by atoms with Crippen LogP contribution in [0.15, 0.2) is 23.8 Å². The van der Waals surface area contributed by atoms with Gasteiger partial charge in [-0.25, -0.2) is 0 Å². The standard InChI is InChI=1S/C33H52O5/c1-9-33-16-14-23(21(2)11-10-15-29(4,5)37)31(33,8)17-18-32(20-34)24-12-13-27(36)30(6,7)25(24)19-26(28(32)33)38-22(3)35/h10,15,19-21,23-24,26-28,36-37H,9,11-14,16-18H2,1-8H3/b15-10+/t21-,23?,24-,26+,27+,28-,31-,32-,33+/m1/s1. The van der Waals surface area contributed by atoms with Crippen LogP contribution in [0.2, 0.25) is 0 Å². The molecule has 3 fully saturated rings. The van der Waals surface area contributed by atoms with Gasteiger partial charge in [-0.3, -0.25) is 4.79 Å². The smallest absolute Gasteiger partial charge is 0.303 e. The van der Waals surface area contributed by atoms with Crippen LogP contribution in [0.25, 0.3) is 0 Å². The summed E-state index contributed by atoms with van der Waals surface area (Å²) in [7, 11) is 0. The fraction of sp³-hybridized carbons (Fsp3) is 0.818. The Morgan fingerprint density at radius 2 is 1.87 bits per heavy atom. The van der Waals surface area contributed by atoms with Gasteiger partial charge >= 0.3 is 5.97 Å². The van der Waals surface area contributed by atoms with E-state index in [9.17, 15) is 19.8 Å². The van der Waals surface area contributed by atoms with Gasteiger partial charge in [0.15, 0.2) is 0 Å². The third-order valence-corrected chi connectivity index (χ3v) is 12.0. The van der Waals surface area contributed by atoms with Gasteiger partial charge in [0, 0.05) is 23.7 Å². The van der Waals surface area contributed by atoms with Crippen molar-refractivity contribution in [3.63, 3.8) is 0 Å². The molecule has 2 N–H and O–H groups in total. The van der Waals surface area contributed by atoms with E-state index in [4.69, 9.17) is 4.74 Å². The van der Waals surface area contributed by atoms with Gasteiger partial charge in [-0.15, -0.1) is 0 Å². The SMILES string of the molecule is CC[C@@]12CCC([C@H](C)C/C=C/C(C)(C)O)[C@@]1(C)CC[C@@]1(C=O)[C@@H]3CC[C@H](O)C(C)(C)C3=C[C@H](OC(C)=O)[C@H]12. The second kappa shape index (κ2) is 9.87. The number of aldehydes is 1. The highest BCUT2D eigenvalue weighted by Crippen LogP contribution is 2.76. The lowest BCUT2D eigenvalue weighted by atomic mass is 9.37. The van der Waals surface area contributed by atoms with Gasteiger partial charge in [0.25, 0.3) is 0 Å². The first-order valence-electron chi connectivity index (χ1n) is 15.0. The van der Waals surface area contributed by atoms with E-state index < -0.39 is 28.6 Å². The van der Waals surface area contributed by atoms with Crippen LogP contribution in [0.3, 0.4) is 0 Å². The minimum atomic E-state index is -0.814. The number of rotatable bonds is 7. The lowest BCUT2D eigenvalue weighted by molar-refractivity contribution is -0.199. The Bertz CT molecular complexity index is 988. The maximum absolute atomic E-state index is 13.4. The fourth-order valence-corrected chi connectivity index (χ4v) is 10.1. The summed E-state index contributed by atoms with van der Waals surface area (Å²) in [6.07, 6.45) is 13.8. The maximum atomic E-state index is 13.4. The maximum Gasteiger partial charge on any atom is 0.303 e. The first-order valence-corrected chi connectivity index (χ1v) is 15.0. The molecule has 9 atom stereocenters. The molecule has 4 aliphatic carbocycles. The molecule has 4 aliphatic rings. The molecule has 0 aliphatic heterocycles. The highest BCUT2D eigenvalue weighted by Gasteiger charge is 2.72. The molecular formula is C33H52O5. The summed E-state index contributed by atoms with van der Waals surface area (Å²) in [6.45, 7) is 16.3. The molecule has 38 heavy (non-hydrogen) atoms. The Morgan fingerprint density at radius 3 is 2.45 bits per heavy atom. The zero-order chi connectivity index (χ0) is 28.3. The number of allylic oxidation sites excluding steroid dienone is 1. The van der Waals surface area contributed by atoms with Crippen molar-refractivity contribution < 1.29 is 24.5 Å². The van der Waals surface area contributed by atoms with Crippen molar-refractivity contribution in [3.8, 4) is 0 Å². The quantitative estimate of drug-likeness (QED) is 0.226. The normalized spacial score (nSPS) is 43.0. The van der Waals surface area contributed by atoms with Gasteiger partial charge < -0.3 is 19.7 Å². The van der Waals surface area contributed by atoms with Crippen LogP contribution in [0.1, 0.15) is 107 Å². The molecule has 4 rings (SSSR count). The van der Waals surface area contributed by atoms with Gasteiger partial charge in [0.2, 0.25) is 0 Å². The topological polar surface area (TPSA) is 83.8 Å². The van der Waals surface area contributed by atoms with Gasteiger partial charge in [0.05, 0.1) is 11.7 Å². The number of ether oxygens (including phenoxy) is 1. The average Bonchev–Trinajstić information content (AvgIpc) is 3.13. The van der Waals surface area contributed by atoms with Gasteiger partial charge in [-0.2, -0.15) is 0 Å². The number of aliphatic hydroxyl groups is 2. The van der Waals surface area contributed by atoms with Gasteiger partial charge in [-0.1, -0.05) is 52.3 Å². The third-order valence-electron chi connectivity index (χ3n) is 12.0. The van der Waals surface area contributed by atoms with E-state index in [-0.39, 0.29) is 28.6 Å². The zero-order valence-corrected chi connectivity index (χ0v) is 25.0.